The van der Waals surface area contributed by atoms with E-state index in [1.165, 1.54) is 5.56 Å². The quantitative estimate of drug-likeness (QED) is 0.912. The highest BCUT2D eigenvalue weighted by molar-refractivity contribution is 5.82. The second-order valence-corrected chi connectivity index (χ2v) is 7.52. The third-order valence-electron chi connectivity index (χ3n) is 5.61. The SMILES string of the molecule is Cc1ccc2c(c1)[C@@H](NC(=O)[C@@H]1C[C@@H]1C)CC1(CCOCC1)O2. The maximum atomic E-state index is 12.5. The summed E-state index contributed by atoms with van der Waals surface area (Å²) in [6.45, 7) is 5.70. The molecule has 124 valence electrons. The van der Waals surface area contributed by atoms with Crippen LogP contribution in [-0.2, 0) is 9.53 Å². The van der Waals surface area contributed by atoms with Gasteiger partial charge in [-0.15, -0.1) is 0 Å². The lowest BCUT2D eigenvalue weighted by Gasteiger charge is -2.44. The van der Waals surface area contributed by atoms with E-state index in [4.69, 9.17) is 9.47 Å². The second-order valence-electron chi connectivity index (χ2n) is 7.52. The Labute approximate surface area is 137 Å². The number of aryl methyl sites for hydroxylation is 1. The molecule has 4 heteroatoms. The van der Waals surface area contributed by atoms with E-state index in [-0.39, 0.29) is 23.5 Å². The highest BCUT2D eigenvalue weighted by Crippen LogP contribution is 2.45. The molecule has 4 rings (SSSR count). The summed E-state index contributed by atoms with van der Waals surface area (Å²) >= 11 is 0. The number of hydrogen-bond donors (Lipinski definition) is 1. The van der Waals surface area contributed by atoms with Gasteiger partial charge in [-0.25, -0.2) is 0 Å². The summed E-state index contributed by atoms with van der Waals surface area (Å²) in [6.07, 6.45) is 3.66. The van der Waals surface area contributed by atoms with Crippen molar-refractivity contribution in [2.24, 2.45) is 11.8 Å². The molecule has 1 amide bonds. The van der Waals surface area contributed by atoms with Crippen molar-refractivity contribution in [3.63, 3.8) is 0 Å². The first-order valence-electron chi connectivity index (χ1n) is 8.74. The zero-order valence-electron chi connectivity index (χ0n) is 13.9. The topological polar surface area (TPSA) is 47.6 Å². The van der Waals surface area contributed by atoms with Gasteiger partial charge in [0.05, 0.1) is 19.3 Å². The molecule has 3 aliphatic rings. The molecule has 1 N–H and O–H groups in total. The van der Waals surface area contributed by atoms with Crippen LogP contribution in [0.25, 0.3) is 0 Å². The van der Waals surface area contributed by atoms with Crippen LogP contribution in [0.5, 0.6) is 5.75 Å². The number of benzene rings is 1. The first-order chi connectivity index (χ1) is 11.1. The Kier molecular flexibility index (Phi) is 3.60. The maximum absolute atomic E-state index is 12.5. The largest absolute Gasteiger partial charge is 0.487 e. The van der Waals surface area contributed by atoms with Crippen molar-refractivity contribution in [1.29, 1.82) is 0 Å². The third kappa shape index (κ3) is 2.85. The minimum Gasteiger partial charge on any atom is -0.487 e. The predicted octanol–water partition coefficient (Wildman–Crippen LogP) is 3.14. The fourth-order valence-electron chi connectivity index (χ4n) is 3.93. The van der Waals surface area contributed by atoms with Gasteiger partial charge in [-0.05, 0) is 25.3 Å². The Hall–Kier alpha value is -1.55. The number of carbonyl (C=O) groups is 1. The van der Waals surface area contributed by atoms with E-state index in [0.717, 1.165) is 50.2 Å². The van der Waals surface area contributed by atoms with E-state index in [0.29, 0.717) is 5.92 Å². The van der Waals surface area contributed by atoms with E-state index in [1.54, 1.807) is 0 Å². The lowest BCUT2D eigenvalue weighted by atomic mass is 9.81. The van der Waals surface area contributed by atoms with E-state index in [1.807, 2.05) is 0 Å². The van der Waals surface area contributed by atoms with Crippen LogP contribution in [-0.4, -0.2) is 24.7 Å². The first-order valence-corrected chi connectivity index (χ1v) is 8.74. The van der Waals surface area contributed by atoms with Crippen molar-refractivity contribution in [1.82, 2.24) is 5.32 Å². The van der Waals surface area contributed by atoms with Crippen LogP contribution >= 0.6 is 0 Å². The Balaban J connectivity index is 1.62. The van der Waals surface area contributed by atoms with Crippen molar-refractivity contribution in [2.75, 3.05) is 13.2 Å². The summed E-state index contributed by atoms with van der Waals surface area (Å²) < 4.78 is 11.9. The average molecular weight is 315 g/mol. The molecule has 0 radical (unpaired) electrons. The number of amides is 1. The van der Waals surface area contributed by atoms with Gasteiger partial charge in [-0.1, -0.05) is 24.6 Å². The average Bonchev–Trinajstić information content (AvgIpc) is 3.26. The summed E-state index contributed by atoms with van der Waals surface area (Å²) in [7, 11) is 0. The monoisotopic (exact) mass is 315 g/mol. The van der Waals surface area contributed by atoms with Crippen molar-refractivity contribution in [3.8, 4) is 5.75 Å². The van der Waals surface area contributed by atoms with Gasteiger partial charge in [-0.3, -0.25) is 4.79 Å². The van der Waals surface area contributed by atoms with Gasteiger partial charge in [0.25, 0.3) is 0 Å². The van der Waals surface area contributed by atoms with Crippen LogP contribution in [0.3, 0.4) is 0 Å². The molecule has 1 spiro atoms. The molecule has 1 aromatic carbocycles. The summed E-state index contributed by atoms with van der Waals surface area (Å²) in [5, 5.41) is 3.31. The highest BCUT2D eigenvalue weighted by Gasteiger charge is 2.45. The zero-order valence-corrected chi connectivity index (χ0v) is 13.9. The molecular weight excluding hydrogens is 290 g/mol. The Bertz CT molecular complexity index is 621. The molecule has 3 atom stereocenters. The number of carbonyl (C=O) groups excluding carboxylic acids is 1. The predicted molar refractivity (Wildman–Crippen MR) is 87.4 cm³/mol. The summed E-state index contributed by atoms with van der Waals surface area (Å²) in [4.78, 5) is 12.5. The molecule has 1 saturated carbocycles. The molecule has 0 aromatic heterocycles. The number of ether oxygens (including phenoxy) is 2. The van der Waals surface area contributed by atoms with Crippen molar-refractivity contribution >= 4 is 5.91 Å². The third-order valence-corrected chi connectivity index (χ3v) is 5.61. The minimum atomic E-state index is -0.187. The highest BCUT2D eigenvalue weighted by atomic mass is 16.5. The fraction of sp³-hybridized carbons (Fsp3) is 0.632. The summed E-state index contributed by atoms with van der Waals surface area (Å²) in [5.41, 5.74) is 2.14. The first kappa shape index (κ1) is 15.0. The lowest BCUT2D eigenvalue weighted by Crippen LogP contribution is -2.48. The zero-order chi connectivity index (χ0) is 16.0. The number of fused-ring (bicyclic) bond motifs is 1. The fourth-order valence-corrected chi connectivity index (χ4v) is 3.93. The van der Waals surface area contributed by atoms with Gasteiger partial charge < -0.3 is 14.8 Å². The molecule has 4 nitrogen and oxygen atoms in total. The molecule has 2 heterocycles. The molecule has 0 unspecified atom stereocenters. The number of rotatable bonds is 2. The van der Waals surface area contributed by atoms with E-state index >= 15 is 0 Å². The standard InChI is InChI=1S/C19H25NO3/c1-12-3-4-17-15(9-12)16(20-18(21)14-10-13(14)2)11-19(23-17)5-7-22-8-6-19/h3-4,9,13-14,16H,5-8,10-11H2,1-2H3,(H,20,21)/t13-,14+,16-/m0/s1. The Morgan fingerprint density at radius 2 is 2.04 bits per heavy atom. The molecule has 0 bridgehead atoms. The molecule has 1 aromatic rings. The van der Waals surface area contributed by atoms with Crippen LogP contribution in [0.1, 0.15) is 49.8 Å². The Morgan fingerprint density at radius 1 is 1.30 bits per heavy atom. The number of nitrogens with one attached hydrogen (secondary N) is 1. The number of hydrogen-bond acceptors (Lipinski definition) is 3. The molecule has 2 aliphatic heterocycles. The maximum Gasteiger partial charge on any atom is 0.223 e. The second kappa shape index (κ2) is 5.52. The van der Waals surface area contributed by atoms with Gasteiger partial charge in [0.1, 0.15) is 11.4 Å². The van der Waals surface area contributed by atoms with Crippen molar-refractivity contribution in [2.45, 2.75) is 51.2 Å². The van der Waals surface area contributed by atoms with E-state index in [2.05, 4.69) is 37.4 Å². The summed E-state index contributed by atoms with van der Waals surface area (Å²) in [6, 6.07) is 6.35. The lowest BCUT2D eigenvalue weighted by molar-refractivity contribution is -0.124. The van der Waals surface area contributed by atoms with Gasteiger partial charge >= 0.3 is 0 Å². The smallest absolute Gasteiger partial charge is 0.223 e. The van der Waals surface area contributed by atoms with Crippen LogP contribution < -0.4 is 10.1 Å². The molecule has 23 heavy (non-hydrogen) atoms. The molecule has 2 fully saturated rings. The normalized spacial score (nSPS) is 31.1. The van der Waals surface area contributed by atoms with Crippen LogP contribution in [0.2, 0.25) is 0 Å². The molecule has 1 aliphatic carbocycles. The van der Waals surface area contributed by atoms with Crippen molar-refractivity contribution < 1.29 is 14.3 Å². The van der Waals surface area contributed by atoms with Crippen LogP contribution in [0.4, 0.5) is 0 Å². The van der Waals surface area contributed by atoms with Gasteiger partial charge in [0.15, 0.2) is 0 Å². The van der Waals surface area contributed by atoms with Gasteiger partial charge in [0.2, 0.25) is 5.91 Å². The van der Waals surface area contributed by atoms with Gasteiger partial charge in [0, 0.05) is 30.7 Å². The molecule has 1 saturated heterocycles. The minimum absolute atomic E-state index is 0.0528. The van der Waals surface area contributed by atoms with E-state index in [9.17, 15) is 4.79 Å². The Morgan fingerprint density at radius 3 is 2.74 bits per heavy atom. The van der Waals surface area contributed by atoms with Gasteiger partial charge in [-0.2, -0.15) is 0 Å². The molecular formula is C19H25NO3. The summed E-state index contributed by atoms with van der Waals surface area (Å²) in [5.74, 6) is 1.87. The van der Waals surface area contributed by atoms with Crippen molar-refractivity contribution in [3.05, 3.63) is 29.3 Å². The van der Waals surface area contributed by atoms with Crippen LogP contribution in [0, 0.1) is 18.8 Å². The van der Waals surface area contributed by atoms with Crippen LogP contribution in [0.15, 0.2) is 18.2 Å². The van der Waals surface area contributed by atoms with E-state index < -0.39 is 0 Å².